The van der Waals surface area contributed by atoms with Crippen LogP contribution in [-0.2, 0) is 0 Å². The smallest absolute Gasteiger partial charge is 0.203 e. The Labute approximate surface area is 72.5 Å². The zero-order chi connectivity index (χ0) is 7.56. The Balaban J connectivity index is 3.25. The summed E-state index contributed by atoms with van der Waals surface area (Å²) in [7, 11) is 0. The molecule has 1 aromatic carbocycles. The number of rotatable bonds is 0. The molecule has 0 aliphatic carbocycles. The van der Waals surface area contributed by atoms with Gasteiger partial charge >= 0.3 is 0 Å². The number of benzene rings is 1. The summed E-state index contributed by atoms with van der Waals surface area (Å²) in [6, 6.07) is 4.73. The molecule has 0 spiro atoms. The van der Waals surface area contributed by atoms with Crippen molar-refractivity contribution in [1.82, 2.24) is 0 Å². The first-order valence-corrected chi connectivity index (χ1v) is 3.68. The van der Waals surface area contributed by atoms with Crippen molar-refractivity contribution in [2.45, 2.75) is 0 Å². The maximum atomic E-state index is 8.92. The number of aromatic hydroxyl groups is 1. The molecule has 0 aliphatic heterocycles. The van der Waals surface area contributed by atoms with Gasteiger partial charge in [0.05, 0.1) is 6.57 Å². The summed E-state index contributed by atoms with van der Waals surface area (Å²) in [5.41, 5.74) is 0.501. The van der Waals surface area contributed by atoms with E-state index < -0.39 is 0 Å². The molecule has 10 heavy (non-hydrogen) atoms. The Morgan fingerprint density at radius 1 is 1.50 bits per heavy atom. The molecule has 1 aromatic rings. The molecule has 1 N–H and O–H groups in total. The van der Waals surface area contributed by atoms with Crippen molar-refractivity contribution in [3.63, 3.8) is 0 Å². The van der Waals surface area contributed by atoms with Crippen molar-refractivity contribution in [2.75, 3.05) is 0 Å². The molecule has 0 fully saturated rings. The number of hydrogen-bond donors (Lipinski definition) is 1. The zero-order valence-corrected chi connectivity index (χ0v) is 7.16. The summed E-state index contributed by atoms with van der Waals surface area (Å²) in [4.78, 5) is 3.21. The van der Waals surface area contributed by atoms with Gasteiger partial charge in [0.1, 0.15) is 5.75 Å². The Hall–Kier alpha value is -0.760. The molecule has 0 aromatic heterocycles. The van der Waals surface area contributed by atoms with Crippen LogP contribution in [-0.4, -0.2) is 5.11 Å². The minimum atomic E-state index is 0.145. The summed E-state index contributed by atoms with van der Waals surface area (Å²) in [5.74, 6) is 0.145. The van der Waals surface area contributed by atoms with Crippen LogP contribution in [0.15, 0.2) is 18.2 Å². The fraction of sp³-hybridized carbons (Fsp3) is 0. The van der Waals surface area contributed by atoms with Gasteiger partial charge in [-0.3, -0.25) is 0 Å². The van der Waals surface area contributed by atoms with Crippen LogP contribution in [0.5, 0.6) is 5.75 Å². The van der Waals surface area contributed by atoms with E-state index in [4.69, 9.17) is 11.7 Å². The number of phenols is 1. The molecule has 0 heterocycles. The van der Waals surface area contributed by atoms with E-state index in [1.807, 2.05) is 0 Å². The lowest BCUT2D eigenvalue weighted by atomic mass is 10.3. The summed E-state index contributed by atoms with van der Waals surface area (Å²) >= 11 is 2.05. The quantitative estimate of drug-likeness (QED) is 0.551. The van der Waals surface area contributed by atoms with Gasteiger partial charge in [-0.25, -0.2) is 4.85 Å². The Morgan fingerprint density at radius 2 is 2.20 bits per heavy atom. The van der Waals surface area contributed by atoms with Gasteiger partial charge in [-0.05, 0) is 12.1 Å². The fourth-order valence-electron chi connectivity index (χ4n) is 0.587. The molecular formula is C7H4INO. The highest BCUT2D eigenvalue weighted by Crippen LogP contribution is 2.25. The summed E-state index contributed by atoms with van der Waals surface area (Å²) in [6.07, 6.45) is 0. The zero-order valence-electron chi connectivity index (χ0n) is 5.00. The molecule has 0 unspecified atom stereocenters. The predicted octanol–water partition coefficient (Wildman–Crippen LogP) is 2.55. The van der Waals surface area contributed by atoms with Gasteiger partial charge in [-0.1, -0.05) is 28.7 Å². The SMILES string of the molecule is [C-]#[N+]c1cc(O)ccc1I. The third-order valence-electron chi connectivity index (χ3n) is 1.05. The number of phenolic OH excluding ortho intramolecular Hbond substituents is 1. The normalized spacial score (nSPS) is 8.80. The van der Waals surface area contributed by atoms with E-state index in [0.29, 0.717) is 5.69 Å². The third-order valence-corrected chi connectivity index (χ3v) is 1.96. The predicted molar refractivity (Wildman–Crippen MR) is 47.1 cm³/mol. The first-order valence-electron chi connectivity index (χ1n) is 2.60. The van der Waals surface area contributed by atoms with Crippen LogP contribution in [0.3, 0.4) is 0 Å². The lowest BCUT2D eigenvalue weighted by Crippen LogP contribution is -1.69. The first kappa shape index (κ1) is 7.35. The van der Waals surface area contributed by atoms with Crippen LogP contribution in [0.4, 0.5) is 5.69 Å². The van der Waals surface area contributed by atoms with Crippen LogP contribution < -0.4 is 0 Å². The van der Waals surface area contributed by atoms with Crippen LogP contribution in [0.2, 0.25) is 0 Å². The Morgan fingerprint density at radius 3 is 2.70 bits per heavy atom. The van der Waals surface area contributed by atoms with Gasteiger partial charge in [0, 0.05) is 3.57 Å². The van der Waals surface area contributed by atoms with E-state index in [0.717, 1.165) is 3.57 Å². The van der Waals surface area contributed by atoms with E-state index >= 15 is 0 Å². The average Bonchev–Trinajstić information content (AvgIpc) is 1.94. The van der Waals surface area contributed by atoms with Gasteiger partial charge in [0.15, 0.2) is 0 Å². The van der Waals surface area contributed by atoms with Crippen LogP contribution in [0, 0.1) is 10.1 Å². The first-order chi connectivity index (χ1) is 4.74. The second kappa shape index (κ2) is 2.88. The molecule has 0 bridgehead atoms. The highest BCUT2D eigenvalue weighted by atomic mass is 127. The van der Waals surface area contributed by atoms with Gasteiger partial charge in [0.2, 0.25) is 5.69 Å². The number of halogens is 1. The second-order valence-corrected chi connectivity index (χ2v) is 2.91. The van der Waals surface area contributed by atoms with Crippen molar-refractivity contribution in [3.05, 3.63) is 33.2 Å². The lowest BCUT2D eigenvalue weighted by molar-refractivity contribution is 0.475. The highest BCUT2D eigenvalue weighted by molar-refractivity contribution is 14.1. The van der Waals surface area contributed by atoms with Gasteiger partial charge in [0.25, 0.3) is 0 Å². The number of hydrogen-bond acceptors (Lipinski definition) is 1. The van der Waals surface area contributed by atoms with E-state index in [1.165, 1.54) is 6.07 Å². The Bertz CT molecular complexity index is 290. The summed E-state index contributed by atoms with van der Waals surface area (Å²) in [6.45, 7) is 6.69. The standard InChI is InChI=1S/C7H4INO/c1-9-7-4-5(10)2-3-6(7)8/h2-4,10H. The minimum absolute atomic E-state index is 0.145. The largest absolute Gasteiger partial charge is 0.509 e. The van der Waals surface area contributed by atoms with Crippen molar-refractivity contribution >= 4 is 28.3 Å². The molecule has 2 nitrogen and oxygen atoms in total. The molecule has 0 atom stereocenters. The van der Waals surface area contributed by atoms with Crippen molar-refractivity contribution in [1.29, 1.82) is 0 Å². The topological polar surface area (TPSA) is 24.6 Å². The third kappa shape index (κ3) is 1.39. The van der Waals surface area contributed by atoms with Gasteiger partial charge in [-0.2, -0.15) is 0 Å². The van der Waals surface area contributed by atoms with E-state index in [2.05, 4.69) is 27.4 Å². The van der Waals surface area contributed by atoms with E-state index in [9.17, 15) is 0 Å². The van der Waals surface area contributed by atoms with Crippen molar-refractivity contribution in [3.8, 4) is 5.75 Å². The molecule has 0 amide bonds. The summed E-state index contributed by atoms with van der Waals surface area (Å²) < 4.78 is 0.866. The van der Waals surface area contributed by atoms with Crippen LogP contribution in [0.1, 0.15) is 0 Å². The fourth-order valence-corrected chi connectivity index (χ4v) is 1.04. The second-order valence-electron chi connectivity index (χ2n) is 1.75. The Kier molecular flexibility index (Phi) is 2.12. The molecule has 1 rings (SSSR count). The summed E-state index contributed by atoms with van der Waals surface area (Å²) in [5, 5.41) is 8.92. The maximum Gasteiger partial charge on any atom is 0.203 e. The minimum Gasteiger partial charge on any atom is -0.509 e. The van der Waals surface area contributed by atoms with Crippen LogP contribution >= 0.6 is 22.6 Å². The molecule has 0 saturated heterocycles. The maximum absolute atomic E-state index is 8.92. The monoisotopic (exact) mass is 245 g/mol. The number of nitrogens with zero attached hydrogens (tertiary/aromatic N) is 1. The molecule has 50 valence electrons. The average molecular weight is 245 g/mol. The molecule has 0 saturated carbocycles. The van der Waals surface area contributed by atoms with Crippen LogP contribution in [0.25, 0.3) is 4.85 Å². The molecule has 0 aliphatic rings. The molecule has 0 radical (unpaired) electrons. The van der Waals surface area contributed by atoms with Crippen molar-refractivity contribution in [2.24, 2.45) is 0 Å². The van der Waals surface area contributed by atoms with E-state index in [-0.39, 0.29) is 5.75 Å². The van der Waals surface area contributed by atoms with Crippen molar-refractivity contribution < 1.29 is 5.11 Å². The molecule has 3 heteroatoms. The van der Waals surface area contributed by atoms with Gasteiger partial charge < -0.3 is 5.11 Å². The van der Waals surface area contributed by atoms with E-state index in [1.54, 1.807) is 12.1 Å². The highest BCUT2D eigenvalue weighted by Gasteiger charge is 1.97. The van der Waals surface area contributed by atoms with Gasteiger partial charge in [-0.15, -0.1) is 0 Å². The lowest BCUT2D eigenvalue weighted by Gasteiger charge is -1.94. The molecular weight excluding hydrogens is 241 g/mol.